The molecule has 0 aromatic heterocycles. The third kappa shape index (κ3) is 4.71. The van der Waals surface area contributed by atoms with Crippen LogP contribution in [-0.2, 0) is 4.79 Å². The van der Waals surface area contributed by atoms with Crippen molar-refractivity contribution in [2.24, 2.45) is 10.7 Å². The molecule has 18 heavy (non-hydrogen) atoms. The van der Waals surface area contributed by atoms with Crippen molar-refractivity contribution >= 4 is 12.6 Å². The summed E-state index contributed by atoms with van der Waals surface area (Å²) >= 11 is 0. The fourth-order valence-corrected chi connectivity index (χ4v) is 2.02. The number of nitrogens with one attached hydrogen (secondary N) is 1. The van der Waals surface area contributed by atoms with Crippen LogP contribution in [0.2, 0.25) is 0 Å². The van der Waals surface area contributed by atoms with E-state index in [1.807, 2.05) is 0 Å². The number of aliphatic hydroxyl groups excluding tert-OH is 1. The van der Waals surface area contributed by atoms with E-state index >= 15 is 0 Å². The highest BCUT2D eigenvalue weighted by Gasteiger charge is 2.20. The standard InChI is InChI=1S/C13H21N3O2/c1-9(17)7-10(8-15-2)13(18)16-12-5-3-11(14)4-6-12/h7-8,11-12,17H,2-6,14H2,1H3,(H,16,18)/b9-7+,10-8+. The molecule has 0 atom stereocenters. The quantitative estimate of drug-likeness (QED) is 0.305. The molecule has 0 heterocycles. The lowest BCUT2D eigenvalue weighted by molar-refractivity contribution is -0.118. The highest BCUT2D eigenvalue weighted by molar-refractivity contribution is 5.96. The highest BCUT2D eigenvalue weighted by atomic mass is 16.3. The Morgan fingerprint density at radius 2 is 2.06 bits per heavy atom. The van der Waals surface area contributed by atoms with Crippen molar-refractivity contribution in [3.63, 3.8) is 0 Å². The van der Waals surface area contributed by atoms with Crippen LogP contribution in [0.4, 0.5) is 0 Å². The van der Waals surface area contributed by atoms with Crippen molar-refractivity contribution in [2.45, 2.75) is 44.7 Å². The van der Waals surface area contributed by atoms with Crippen molar-refractivity contribution in [1.82, 2.24) is 5.32 Å². The fourth-order valence-electron chi connectivity index (χ4n) is 2.02. The Bertz CT molecular complexity index is 362. The lowest BCUT2D eigenvalue weighted by Crippen LogP contribution is -2.40. The minimum Gasteiger partial charge on any atom is -0.513 e. The number of amides is 1. The van der Waals surface area contributed by atoms with E-state index in [2.05, 4.69) is 17.0 Å². The first-order valence-electron chi connectivity index (χ1n) is 6.12. The molecule has 1 rings (SSSR count). The van der Waals surface area contributed by atoms with Crippen molar-refractivity contribution in [1.29, 1.82) is 0 Å². The third-order valence-corrected chi connectivity index (χ3v) is 2.96. The molecular weight excluding hydrogens is 230 g/mol. The summed E-state index contributed by atoms with van der Waals surface area (Å²) in [5.41, 5.74) is 6.12. The molecule has 1 aliphatic carbocycles. The number of hydrogen-bond acceptors (Lipinski definition) is 4. The second kappa shape index (κ2) is 6.96. The summed E-state index contributed by atoms with van der Waals surface area (Å²) in [5, 5.41) is 12.1. The Labute approximate surface area is 107 Å². The Morgan fingerprint density at radius 3 is 2.56 bits per heavy atom. The summed E-state index contributed by atoms with van der Waals surface area (Å²) in [4.78, 5) is 15.5. The number of aliphatic imine (C=N–C) groups is 1. The topological polar surface area (TPSA) is 87.7 Å². The zero-order valence-electron chi connectivity index (χ0n) is 10.7. The fraction of sp³-hybridized carbons (Fsp3) is 0.538. The Morgan fingerprint density at radius 1 is 1.44 bits per heavy atom. The van der Waals surface area contributed by atoms with Gasteiger partial charge in [0, 0.05) is 18.3 Å². The number of nitrogens with two attached hydrogens (primary N) is 1. The minimum atomic E-state index is -0.240. The summed E-state index contributed by atoms with van der Waals surface area (Å²) < 4.78 is 0. The largest absolute Gasteiger partial charge is 0.513 e. The average Bonchev–Trinajstić information content (AvgIpc) is 2.31. The van der Waals surface area contributed by atoms with Crippen LogP contribution in [0.25, 0.3) is 0 Å². The monoisotopic (exact) mass is 251 g/mol. The second-order valence-electron chi connectivity index (χ2n) is 4.64. The van der Waals surface area contributed by atoms with Gasteiger partial charge < -0.3 is 16.2 Å². The number of allylic oxidation sites excluding steroid dienone is 1. The van der Waals surface area contributed by atoms with Gasteiger partial charge in [0.15, 0.2) is 0 Å². The van der Waals surface area contributed by atoms with Gasteiger partial charge in [-0.3, -0.25) is 9.79 Å². The van der Waals surface area contributed by atoms with Crippen LogP contribution in [0.3, 0.4) is 0 Å². The molecule has 0 bridgehead atoms. The van der Waals surface area contributed by atoms with Gasteiger partial charge in [-0.05, 0) is 45.4 Å². The maximum Gasteiger partial charge on any atom is 0.253 e. The lowest BCUT2D eigenvalue weighted by atomic mass is 9.91. The number of carbonyl (C=O) groups excluding carboxylic acids is 1. The molecule has 0 unspecified atom stereocenters. The van der Waals surface area contributed by atoms with Crippen molar-refractivity contribution < 1.29 is 9.90 Å². The number of rotatable bonds is 4. The molecule has 0 saturated heterocycles. The molecule has 0 radical (unpaired) electrons. The predicted octanol–water partition coefficient (Wildman–Crippen LogP) is 1.42. The molecule has 0 spiro atoms. The third-order valence-electron chi connectivity index (χ3n) is 2.96. The summed E-state index contributed by atoms with van der Waals surface area (Å²) in [6.45, 7) is 4.82. The van der Waals surface area contributed by atoms with E-state index in [0.717, 1.165) is 25.7 Å². The van der Waals surface area contributed by atoms with E-state index in [0.29, 0.717) is 5.57 Å². The Balaban J connectivity index is 2.60. The van der Waals surface area contributed by atoms with Crippen molar-refractivity contribution in [3.8, 4) is 0 Å². The lowest BCUT2D eigenvalue weighted by Gasteiger charge is -2.26. The summed E-state index contributed by atoms with van der Waals surface area (Å²) in [6.07, 6.45) is 6.35. The molecule has 5 nitrogen and oxygen atoms in total. The molecule has 1 amide bonds. The van der Waals surface area contributed by atoms with Gasteiger partial charge in [0.25, 0.3) is 5.91 Å². The van der Waals surface area contributed by atoms with Crippen LogP contribution in [0.1, 0.15) is 32.6 Å². The smallest absolute Gasteiger partial charge is 0.253 e. The number of carbonyl (C=O) groups is 1. The molecule has 4 N–H and O–H groups in total. The number of hydrogen-bond donors (Lipinski definition) is 3. The first-order valence-corrected chi connectivity index (χ1v) is 6.12. The summed E-state index contributed by atoms with van der Waals surface area (Å²) in [7, 11) is 0. The SMILES string of the molecule is C=N/C=C(\C=C(/C)O)C(=O)NC1CCC(N)CC1. The van der Waals surface area contributed by atoms with Crippen LogP contribution >= 0.6 is 0 Å². The van der Waals surface area contributed by atoms with Gasteiger partial charge in [-0.15, -0.1) is 0 Å². The summed E-state index contributed by atoms with van der Waals surface area (Å²) in [5.74, 6) is -0.179. The van der Waals surface area contributed by atoms with Crippen molar-refractivity contribution in [2.75, 3.05) is 0 Å². The second-order valence-corrected chi connectivity index (χ2v) is 4.64. The van der Waals surface area contributed by atoms with Gasteiger partial charge in [-0.2, -0.15) is 0 Å². The predicted molar refractivity (Wildman–Crippen MR) is 72.4 cm³/mol. The van der Waals surface area contributed by atoms with Gasteiger partial charge in [0.1, 0.15) is 0 Å². The van der Waals surface area contributed by atoms with E-state index in [4.69, 9.17) is 5.73 Å². The van der Waals surface area contributed by atoms with E-state index in [1.165, 1.54) is 19.2 Å². The van der Waals surface area contributed by atoms with Gasteiger partial charge in [0.2, 0.25) is 0 Å². The number of aliphatic hydroxyl groups is 1. The average molecular weight is 251 g/mol. The molecule has 5 heteroatoms. The molecule has 1 saturated carbocycles. The molecule has 0 aromatic rings. The van der Waals surface area contributed by atoms with Crippen LogP contribution in [0, 0.1) is 0 Å². The van der Waals surface area contributed by atoms with Gasteiger partial charge in [0.05, 0.1) is 11.3 Å². The summed E-state index contributed by atoms with van der Waals surface area (Å²) in [6, 6.07) is 0.403. The van der Waals surface area contributed by atoms with E-state index in [9.17, 15) is 9.90 Å². The van der Waals surface area contributed by atoms with E-state index in [1.54, 1.807) is 0 Å². The molecule has 1 fully saturated rings. The van der Waals surface area contributed by atoms with Crippen molar-refractivity contribution in [3.05, 3.63) is 23.6 Å². The van der Waals surface area contributed by atoms with Gasteiger partial charge >= 0.3 is 0 Å². The maximum atomic E-state index is 12.0. The minimum absolute atomic E-state index is 0.0608. The maximum absolute atomic E-state index is 12.0. The molecular formula is C13H21N3O2. The Hall–Kier alpha value is -1.62. The zero-order chi connectivity index (χ0) is 13.5. The van der Waals surface area contributed by atoms with Crippen LogP contribution in [0.15, 0.2) is 28.6 Å². The Kier molecular flexibility index (Phi) is 5.58. The zero-order valence-corrected chi connectivity index (χ0v) is 10.7. The van der Waals surface area contributed by atoms with E-state index in [-0.39, 0.29) is 23.8 Å². The normalized spacial score (nSPS) is 25.7. The number of nitrogens with zero attached hydrogens (tertiary/aromatic N) is 1. The van der Waals surface area contributed by atoms with E-state index < -0.39 is 0 Å². The molecule has 0 aliphatic heterocycles. The van der Waals surface area contributed by atoms with Crippen LogP contribution in [-0.4, -0.2) is 29.8 Å². The highest BCUT2D eigenvalue weighted by Crippen LogP contribution is 2.17. The molecule has 0 aromatic carbocycles. The molecule has 1 aliphatic rings. The molecule has 100 valence electrons. The first kappa shape index (κ1) is 14.4. The first-order chi connectivity index (χ1) is 8.52. The van der Waals surface area contributed by atoms with Gasteiger partial charge in [-0.25, -0.2) is 0 Å². The van der Waals surface area contributed by atoms with Crippen LogP contribution in [0.5, 0.6) is 0 Å². The van der Waals surface area contributed by atoms with Crippen LogP contribution < -0.4 is 11.1 Å². The van der Waals surface area contributed by atoms with Gasteiger partial charge in [-0.1, -0.05) is 0 Å².